The lowest BCUT2D eigenvalue weighted by Gasteiger charge is -2.14. The Morgan fingerprint density at radius 2 is 1.54 bits per heavy atom. The van der Waals surface area contributed by atoms with Crippen molar-refractivity contribution in [2.75, 3.05) is 0 Å². The summed E-state index contributed by atoms with van der Waals surface area (Å²) in [6.07, 6.45) is 0.975. The Kier molecular flexibility index (Phi) is 5.78. The van der Waals surface area contributed by atoms with Crippen LogP contribution in [0.3, 0.4) is 0 Å². The lowest BCUT2D eigenvalue weighted by atomic mass is 9.96. The minimum absolute atomic E-state index is 0.0813. The van der Waals surface area contributed by atoms with Crippen LogP contribution in [0.1, 0.15) is 37.8 Å². The molecule has 0 radical (unpaired) electrons. The third kappa shape index (κ3) is 4.68. The van der Waals surface area contributed by atoms with E-state index in [2.05, 4.69) is 18.6 Å². The standard InChI is InChI=1S/C19H23NO3S/c1-14(2)13-16-9-11-17(12-10-16)15(3)19(21)20-24(22,23)18-7-5-4-6-8-18/h4-12,14-15H,13H2,1-3H3,(H,20,21)/t15-/m1/s1. The van der Waals surface area contributed by atoms with E-state index < -0.39 is 21.8 Å². The van der Waals surface area contributed by atoms with Crippen molar-refractivity contribution in [1.82, 2.24) is 4.72 Å². The number of amides is 1. The molecule has 2 rings (SSSR count). The molecule has 4 nitrogen and oxygen atoms in total. The maximum absolute atomic E-state index is 12.3. The van der Waals surface area contributed by atoms with E-state index in [-0.39, 0.29) is 4.90 Å². The first-order valence-corrected chi connectivity index (χ1v) is 9.48. The molecular weight excluding hydrogens is 322 g/mol. The van der Waals surface area contributed by atoms with Crippen LogP contribution in [0, 0.1) is 5.92 Å². The predicted octanol–water partition coefficient (Wildman–Crippen LogP) is 3.49. The highest BCUT2D eigenvalue weighted by Crippen LogP contribution is 2.19. The van der Waals surface area contributed by atoms with E-state index in [1.54, 1.807) is 25.1 Å². The van der Waals surface area contributed by atoms with Gasteiger partial charge in [-0.05, 0) is 42.5 Å². The van der Waals surface area contributed by atoms with Gasteiger partial charge in [0.25, 0.3) is 10.0 Å². The van der Waals surface area contributed by atoms with E-state index in [9.17, 15) is 13.2 Å². The Hall–Kier alpha value is -2.14. The highest BCUT2D eigenvalue weighted by molar-refractivity contribution is 7.90. The van der Waals surface area contributed by atoms with Gasteiger partial charge in [0.05, 0.1) is 10.8 Å². The quantitative estimate of drug-likeness (QED) is 0.871. The summed E-state index contributed by atoms with van der Waals surface area (Å²) in [4.78, 5) is 12.4. The maximum atomic E-state index is 12.3. The molecule has 0 aliphatic rings. The summed E-state index contributed by atoms with van der Waals surface area (Å²) in [6.45, 7) is 6.00. The molecule has 24 heavy (non-hydrogen) atoms. The molecule has 1 N–H and O–H groups in total. The van der Waals surface area contributed by atoms with Crippen LogP contribution < -0.4 is 4.72 Å². The second kappa shape index (κ2) is 7.62. The van der Waals surface area contributed by atoms with Gasteiger partial charge in [-0.1, -0.05) is 56.3 Å². The average Bonchev–Trinajstić information content (AvgIpc) is 2.55. The van der Waals surface area contributed by atoms with E-state index >= 15 is 0 Å². The fraction of sp³-hybridized carbons (Fsp3) is 0.316. The molecule has 0 saturated carbocycles. The molecule has 0 saturated heterocycles. The minimum atomic E-state index is -3.84. The number of carbonyl (C=O) groups is 1. The van der Waals surface area contributed by atoms with Gasteiger partial charge in [-0.2, -0.15) is 0 Å². The zero-order valence-electron chi connectivity index (χ0n) is 14.2. The second-order valence-electron chi connectivity index (χ2n) is 6.34. The third-order valence-electron chi connectivity index (χ3n) is 3.81. The van der Waals surface area contributed by atoms with Crippen LogP contribution in [0.25, 0.3) is 0 Å². The Morgan fingerprint density at radius 1 is 0.958 bits per heavy atom. The molecule has 1 atom stereocenters. The molecule has 0 aromatic heterocycles. The van der Waals surface area contributed by atoms with Crippen molar-refractivity contribution in [3.05, 3.63) is 65.7 Å². The van der Waals surface area contributed by atoms with E-state index in [0.29, 0.717) is 5.92 Å². The van der Waals surface area contributed by atoms with Crippen LogP contribution >= 0.6 is 0 Å². The summed E-state index contributed by atoms with van der Waals surface area (Å²) in [5.41, 5.74) is 2.00. The number of carbonyl (C=O) groups excluding carboxylic acids is 1. The number of hydrogen-bond acceptors (Lipinski definition) is 3. The van der Waals surface area contributed by atoms with Crippen molar-refractivity contribution in [1.29, 1.82) is 0 Å². The molecule has 0 aliphatic carbocycles. The molecule has 0 bridgehead atoms. The molecule has 1 amide bonds. The van der Waals surface area contributed by atoms with Gasteiger partial charge in [0.2, 0.25) is 5.91 Å². The zero-order chi connectivity index (χ0) is 17.7. The second-order valence-corrected chi connectivity index (χ2v) is 8.03. The summed E-state index contributed by atoms with van der Waals surface area (Å²) in [5.74, 6) is -0.514. The van der Waals surface area contributed by atoms with Gasteiger partial charge in [0.1, 0.15) is 0 Å². The van der Waals surface area contributed by atoms with Gasteiger partial charge >= 0.3 is 0 Å². The predicted molar refractivity (Wildman–Crippen MR) is 95.2 cm³/mol. The van der Waals surface area contributed by atoms with Crippen molar-refractivity contribution >= 4 is 15.9 Å². The molecule has 0 fully saturated rings. The Balaban J connectivity index is 2.09. The molecule has 0 aliphatic heterocycles. The summed E-state index contributed by atoms with van der Waals surface area (Å²) in [7, 11) is -3.84. The fourth-order valence-corrected chi connectivity index (χ4v) is 3.52. The van der Waals surface area contributed by atoms with Crippen molar-refractivity contribution in [3.63, 3.8) is 0 Å². The van der Waals surface area contributed by atoms with Crippen LogP contribution in [0.4, 0.5) is 0 Å². The van der Waals surface area contributed by atoms with E-state index in [0.717, 1.165) is 12.0 Å². The third-order valence-corrected chi connectivity index (χ3v) is 5.17. The molecule has 2 aromatic rings. The summed E-state index contributed by atoms with van der Waals surface area (Å²) in [6, 6.07) is 15.6. The molecule has 0 spiro atoms. The fourth-order valence-electron chi connectivity index (χ4n) is 2.44. The molecule has 128 valence electrons. The number of nitrogens with one attached hydrogen (secondary N) is 1. The van der Waals surface area contributed by atoms with Crippen molar-refractivity contribution in [2.24, 2.45) is 5.92 Å². The van der Waals surface area contributed by atoms with Gasteiger partial charge in [-0.15, -0.1) is 0 Å². The van der Waals surface area contributed by atoms with Gasteiger partial charge < -0.3 is 0 Å². The van der Waals surface area contributed by atoms with Crippen molar-refractivity contribution in [3.8, 4) is 0 Å². The molecule has 2 aromatic carbocycles. The monoisotopic (exact) mass is 345 g/mol. The SMILES string of the molecule is CC(C)Cc1ccc([C@@H](C)C(=O)NS(=O)(=O)c2ccccc2)cc1. The average molecular weight is 345 g/mol. The first-order valence-electron chi connectivity index (χ1n) is 8.00. The van der Waals surface area contributed by atoms with Crippen molar-refractivity contribution in [2.45, 2.75) is 38.0 Å². The van der Waals surface area contributed by atoms with Gasteiger partial charge in [0, 0.05) is 0 Å². The lowest BCUT2D eigenvalue weighted by Crippen LogP contribution is -2.33. The zero-order valence-corrected chi connectivity index (χ0v) is 15.0. The lowest BCUT2D eigenvalue weighted by molar-refractivity contribution is -0.120. The number of sulfonamides is 1. The normalized spacial score (nSPS) is 12.8. The highest BCUT2D eigenvalue weighted by Gasteiger charge is 2.22. The van der Waals surface area contributed by atoms with Gasteiger partial charge in [-0.3, -0.25) is 4.79 Å². The molecule has 0 heterocycles. The van der Waals surface area contributed by atoms with E-state index in [4.69, 9.17) is 0 Å². The number of benzene rings is 2. The largest absolute Gasteiger partial charge is 0.273 e. The van der Waals surface area contributed by atoms with Crippen LogP contribution in [-0.2, 0) is 21.2 Å². The molecule has 0 unspecified atom stereocenters. The number of rotatable bonds is 6. The minimum Gasteiger partial charge on any atom is -0.273 e. The Morgan fingerprint density at radius 3 is 2.08 bits per heavy atom. The van der Waals surface area contributed by atoms with Crippen LogP contribution in [0.2, 0.25) is 0 Å². The number of hydrogen-bond donors (Lipinski definition) is 1. The van der Waals surface area contributed by atoms with E-state index in [1.165, 1.54) is 17.7 Å². The molecular formula is C19H23NO3S. The smallest absolute Gasteiger partial charge is 0.264 e. The van der Waals surface area contributed by atoms with Crippen LogP contribution in [-0.4, -0.2) is 14.3 Å². The Labute approximate surface area is 144 Å². The van der Waals surface area contributed by atoms with Crippen LogP contribution in [0.15, 0.2) is 59.5 Å². The first kappa shape index (κ1) is 18.2. The van der Waals surface area contributed by atoms with Gasteiger partial charge in [0.15, 0.2) is 0 Å². The van der Waals surface area contributed by atoms with Crippen molar-refractivity contribution < 1.29 is 13.2 Å². The summed E-state index contributed by atoms with van der Waals surface area (Å²) < 4.78 is 26.6. The van der Waals surface area contributed by atoms with E-state index in [1.807, 2.05) is 24.3 Å². The highest BCUT2D eigenvalue weighted by atomic mass is 32.2. The summed E-state index contributed by atoms with van der Waals surface area (Å²) in [5, 5.41) is 0. The van der Waals surface area contributed by atoms with Crippen LogP contribution in [0.5, 0.6) is 0 Å². The topological polar surface area (TPSA) is 63.2 Å². The van der Waals surface area contributed by atoms with Gasteiger partial charge in [-0.25, -0.2) is 13.1 Å². The summed E-state index contributed by atoms with van der Waals surface area (Å²) >= 11 is 0. The molecule has 5 heteroatoms. The Bertz CT molecular complexity index is 781. The maximum Gasteiger partial charge on any atom is 0.264 e. The first-order chi connectivity index (χ1) is 11.3.